The summed E-state index contributed by atoms with van der Waals surface area (Å²) >= 11 is 3.71. The van der Waals surface area contributed by atoms with Gasteiger partial charge in [0.05, 0.1) is 6.61 Å². The van der Waals surface area contributed by atoms with Crippen LogP contribution in [0.1, 0.15) is 44.9 Å². The highest BCUT2D eigenvalue weighted by molar-refractivity contribution is 9.09. The lowest BCUT2D eigenvalue weighted by molar-refractivity contribution is 0.116. The normalized spacial score (nSPS) is 35.8. The van der Waals surface area contributed by atoms with Crippen LogP contribution < -0.4 is 0 Å². The largest absolute Gasteiger partial charge is 0.381 e. The lowest BCUT2D eigenvalue weighted by atomic mass is 9.73. The highest BCUT2D eigenvalue weighted by Crippen LogP contribution is 2.44. The van der Waals surface area contributed by atoms with Crippen LogP contribution in [-0.4, -0.2) is 18.5 Å². The van der Waals surface area contributed by atoms with Gasteiger partial charge in [0.15, 0.2) is 0 Å². The van der Waals surface area contributed by atoms with Gasteiger partial charge in [-0.2, -0.15) is 0 Å². The molecule has 2 aliphatic rings. The molecule has 2 heteroatoms. The molecule has 0 aromatic rings. The van der Waals surface area contributed by atoms with Crippen LogP contribution >= 0.6 is 15.9 Å². The molecular weight excluding hydrogens is 240 g/mol. The average molecular weight is 261 g/mol. The van der Waals surface area contributed by atoms with Crippen molar-refractivity contribution in [3.8, 4) is 0 Å². The van der Waals surface area contributed by atoms with E-state index in [0.29, 0.717) is 5.41 Å². The minimum Gasteiger partial charge on any atom is -0.381 e. The van der Waals surface area contributed by atoms with Crippen molar-refractivity contribution >= 4 is 15.9 Å². The van der Waals surface area contributed by atoms with Gasteiger partial charge in [0.2, 0.25) is 0 Å². The number of hydrogen-bond acceptors (Lipinski definition) is 1. The first-order valence-corrected chi connectivity index (χ1v) is 7.13. The zero-order valence-corrected chi connectivity index (χ0v) is 10.5. The Balaban J connectivity index is 2.01. The van der Waals surface area contributed by atoms with Crippen LogP contribution in [0.4, 0.5) is 0 Å². The van der Waals surface area contributed by atoms with Crippen molar-refractivity contribution in [3.63, 3.8) is 0 Å². The van der Waals surface area contributed by atoms with E-state index in [9.17, 15) is 0 Å². The van der Waals surface area contributed by atoms with Gasteiger partial charge in [-0.25, -0.2) is 0 Å². The molecule has 1 atom stereocenters. The highest BCUT2D eigenvalue weighted by atomic mass is 79.9. The van der Waals surface area contributed by atoms with Crippen LogP contribution in [0.25, 0.3) is 0 Å². The summed E-state index contributed by atoms with van der Waals surface area (Å²) in [6.07, 6.45) is 9.96. The third-order valence-corrected chi connectivity index (χ3v) is 5.24. The van der Waals surface area contributed by atoms with Gasteiger partial charge in [0.1, 0.15) is 0 Å². The number of ether oxygens (including phenoxy) is 1. The van der Waals surface area contributed by atoms with E-state index in [0.717, 1.165) is 24.5 Å². The molecule has 2 rings (SSSR count). The molecule has 0 N–H and O–H groups in total. The fraction of sp³-hybridized carbons (Fsp3) is 1.00. The molecule has 14 heavy (non-hydrogen) atoms. The molecule has 2 fully saturated rings. The van der Waals surface area contributed by atoms with Crippen LogP contribution in [0.5, 0.6) is 0 Å². The summed E-state index contributed by atoms with van der Waals surface area (Å²) in [5.41, 5.74) is 0.490. The maximum absolute atomic E-state index is 5.62. The fourth-order valence-corrected chi connectivity index (χ4v) is 3.95. The molecule has 0 radical (unpaired) electrons. The van der Waals surface area contributed by atoms with Gasteiger partial charge in [-0.3, -0.25) is 0 Å². The Labute approximate surface area is 95.7 Å². The molecule has 0 aromatic carbocycles. The number of halogens is 1. The first-order valence-electron chi connectivity index (χ1n) is 6.01. The third kappa shape index (κ3) is 2.16. The molecule has 0 spiro atoms. The van der Waals surface area contributed by atoms with E-state index in [2.05, 4.69) is 15.9 Å². The van der Waals surface area contributed by atoms with E-state index >= 15 is 0 Å². The average Bonchev–Trinajstić information content (AvgIpc) is 2.54. The van der Waals surface area contributed by atoms with E-state index < -0.39 is 0 Å². The van der Waals surface area contributed by atoms with Gasteiger partial charge in [-0.15, -0.1) is 0 Å². The minimum atomic E-state index is 0.490. The van der Waals surface area contributed by atoms with Crippen LogP contribution in [0, 0.1) is 11.3 Å². The van der Waals surface area contributed by atoms with Crippen molar-refractivity contribution in [3.05, 3.63) is 0 Å². The number of rotatable bonds is 2. The van der Waals surface area contributed by atoms with Crippen molar-refractivity contribution in [2.45, 2.75) is 44.9 Å². The zero-order valence-electron chi connectivity index (χ0n) is 8.93. The summed E-state index contributed by atoms with van der Waals surface area (Å²) < 4.78 is 5.62. The number of alkyl halides is 1. The Morgan fingerprint density at radius 3 is 2.36 bits per heavy atom. The first kappa shape index (κ1) is 10.9. The summed E-state index contributed by atoms with van der Waals surface area (Å²) in [5, 5.41) is 1.14. The van der Waals surface area contributed by atoms with Crippen molar-refractivity contribution in [2.24, 2.45) is 11.3 Å². The van der Waals surface area contributed by atoms with Gasteiger partial charge in [0.25, 0.3) is 0 Å². The van der Waals surface area contributed by atoms with Crippen LogP contribution in [0.15, 0.2) is 0 Å². The second-order valence-electron chi connectivity index (χ2n) is 4.99. The molecular formula is C12H21BrO. The topological polar surface area (TPSA) is 9.23 Å². The molecule has 0 aromatic heterocycles. The van der Waals surface area contributed by atoms with Crippen LogP contribution in [0.2, 0.25) is 0 Å². The van der Waals surface area contributed by atoms with E-state index in [1.54, 1.807) is 0 Å². The predicted molar refractivity (Wildman–Crippen MR) is 62.9 cm³/mol. The second-order valence-corrected chi connectivity index (χ2v) is 5.55. The molecule has 1 unspecified atom stereocenters. The SMILES string of the molecule is BrCC1(C2CCCCCC2)CCOC1. The van der Waals surface area contributed by atoms with E-state index in [-0.39, 0.29) is 0 Å². The Morgan fingerprint density at radius 2 is 1.86 bits per heavy atom. The van der Waals surface area contributed by atoms with Gasteiger partial charge in [-0.1, -0.05) is 41.6 Å². The molecule has 1 saturated carbocycles. The Kier molecular flexibility index (Phi) is 3.89. The van der Waals surface area contributed by atoms with Crippen LogP contribution in [-0.2, 0) is 4.74 Å². The van der Waals surface area contributed by atoms with E-state index in [4.69, 9.17) is 4.74 Å². The fourth-order valence-electron chi connectivity index (χ4n) is 3.05. The van der Waals surface area contributed by atoms with Gasteiger partial charge >= 0.3 is 0 Å². The molecule has 1 aliphatic heterocycles. The van der Waals surface area contributed by atoms with Gasteiger partial charge in [-0.05, 0) is 25.2 Å². The van der Waals surface area contributed by atoms with Crippen molar-refractivity contribution < 1.29 is 4.74 Å². The minimum absolute atomic E-state index is 0.490. The molecule has 0 bridgehead atoms. The quantitative estimate of drug-likeness (QED) is 0.543. The summed E-state index contributed by atoms with van der Waals surface area (Å²) in [5.74, 6) is 0.923. The number of hydrogen-bond donors (Lipinski definition) is 0. The monoisotopic (exact) mass is 260 g/mol. The molecule has 82 valence electrons. The molecule has 1 nitrogen and oxygen atoms in total. The smallest absolute Gasteiger partial charge is 0.0533 e. The van der Waals surface area contributed by atoms with Crippen LogP contribution in [0.3, 0.4) is 0 Å². The zero-order chi connectivity index (χ0) is 9.86. The Morgan fingerprint density at radius 1 is 1.14 bits per heavy atom. The Bertz CT molecular complexity index is 167. The second kappa shape index (κ2) is 4.98. The standard InChI is InChI=1S/C12H21BrO/c13-9-12(7-8-14-10-12)11-5-3-1-2-4-6-11/h11H,1-10H2. The maximum Gasteiger partial charge on any atom is 0.0533 e. The maximum atomic E-state index is 5.62. The van der Waals surface area contributed by atoms with Gasteiger partial charge in [0, 0.05) is 17.4 Å². The predicted octanol–water partition coefficient (Wildman–Crippen LogP) is 3.76. The first-order chi connectivity index (χ1) is 6.87. The lowest BCUT2D eigenvalue weighted by Crippen LogP contribution is -2.32. The third-order valence-electron chi connectivity index (χ3n) is 4.12. The molecule has 0 amide bonds. The highest BCUT2D eigenvalue weighted by Gasteiger charge is 2.40. The van der Waals surface area contributed by atoms with Crippen molar-refractivity contribution in [1.82, 2.24) is 0 Å². The Hall–Kier alpha value is 0.440. The lowest BCUT2D eigenvalue weighted by Gasteiger charge is -2.34. The molecule has 1 aliphatic carbocycles. The van der Waals surface area contributed by atoms with E-state index in [1.165, 1.54) is 44.9 Å². The molecule has 1 heterocycles. The van der Waals surface area contributed by atoms with E-state index in [1.807, 2.05) is 0 Å². The van der Waals surface area contributed by atoms with Crippen molar-refractivity contribution in [2.75, 3.05) is 18.5 Å². The van der Waals surface area contributed by atoms with Gasteiger partial charge < -0.3 is 4.74 Å². The summed E-state index contributed by atoms with van der Waals surface area (Å²) in [6.45, 7) is 1.99. The molecule has 1 saturated heterocycles. The summed E-state index contributed by atoms with van der Waals surface area (Å²) in [7, 11) is 0. The summed E-state index contributed by atoms with van der Waals surface area (Å²) in [4.78, 5) is 0. The van der Waals surface area contributed by atoms with Crippen molar-refractivity contribution in [1.29, 1.82) is 0 Å². The summed E-state index contributed by atoms with van der Waals surface area (Å²) in [6, 6.07) is 0.